The number of allylic oxidation sites excluding steroid dienone is 2. The monoisotopic (exact) mass is 389 g/mol. The fraction of sp³-hybridized carbons (Fsp3) is 0.235. The first-order valence-corrected chi connectivity index (χ1v) is 9.42. The van der Waals surface area contributed by atoms with E-state index in [2.05, 4.69) is 26.1 Å². The number of anilines is 1. The average molecular weight is 390 g/mol. The third kappa shape index (κ3) is 4.00. The molecule has 2 heterocycles. The Hall–Kier alpha value is -2.52. The van der Waals surface area contributed by atoms with Gasteiger partial charge in [0.05, 0.1) is 10.6 Å². The van der Waals surface area contributed by atoms with Crippen molar-refractivity contribution in [2.24, 2.45) is 5.10 Å². The minimum atomic E-state index is -0.208. The van der Waals surface area contributed by atoms with E-state index in [4.69, 9.17) is 17.0 Å². The van der Waals surface area contributed by atoms with Crippen LogP contribution in [0.4, 0.5) is 5.69 Å². The molecule has 0 saturated carbocycles. The second kappa shape index (κ2) is 8.24. The summed E-state index contributed by atoms with van der Waals surface area (Å²) >= 11 is 6.27. The molecule has 1 fully saturated rings. The minimum absolute atomic E-state index is 0.208. The number of rotatable bonds is 4. The van der Waals surface area contributed by atoms with Crippen LogP contribution in [0.1, 0.15) is 13.8 Å². The predicted octanol–water partition coefficient (Wildman–Crippen LogP) is 2.25. The van der Waals surface area contributed by atoms with Gasteiger partial charge >= 0.3 is 0 Å². The second-order valence-corrected chi connectivity index (χ2v) is 6.73. The van der Waals surface area contributed by atoms with E-state index in [1.807, 2.05) is 38.1 Å². The zero-order valence-electron chi connectivity index (χ0n) is 14.4. The molecule has 1 saturated heterocycles. The topological polar surface area (TPSA) is 78.0 Å². The van der Waals surface area contributed by atoms with Gasteiger partial charge in [0.25, 0.3) is 5.91 Å². The molecule has 9 heteroatoms. The van der Waals surface area contributed by atoms with Crippen molar-refractivity contribution in [2.45, 2.75) is 13.8 Å². The lowest BCUT2D eigenvalue weighted by Crippen LogP contribution is -2.33. The summed E-state index contributed by atoms with van der Waals surface area (Å²) in [5.74, 6) is 1.29. The summed E-state index contributed by atoms with van der Waals surface area (Å²) in [4.78, 5) is 14.7. The van der Waals surface area contributed by atoms with Crippen LogP contribution in [0.25, 0.3) is 0 Å². The Labute approximate surface area is 161 Å². The van der Waals surface area contributed by atoms with E-state index < -0.39 is 0 Å². The van der Waals surface area contributed by atoms with Gasteiger partial charge < -0.3 is 15.0 Å². The molecule has 0 spiro atoms. The number of amides is 1. The molecule has 1 aromatic rings. The van der Waals surface area contributed by atoms with Crippen LogP contribution in [0.3, 0.4) is 0 Å². The smallest absolute Gasteiger partial charge is 0.264 e. The molecule has 0 radical (unpaired) electrons. The van der Waals surface area contributed by atoms with E-state index in [1.54, 1.807) is 12.2 Å². The zero-order valence-corrected chi connectivity index (χ0v) is 16.0. The molecule has 2 aliphatic heterocycles. The summed E-state index contributed by atoms with van der Waals surface area (Å²) in [6, 6.07) is 7.84. The highest BCUT2D eigenvalue weighted by molar-refractivity contribution is 8.18. The van der Waals surface area contributed by atoms with Crippen LogP contribution in [0, 0.1) is 0 Å². The second-order valence-electron chi connectivity index (χ2n) is 5.29. The molecule has 7 nitrogen and oxygen atoms in total. The quantitative estimate of drug-likeness (QED) is 0.414. The Balaban J connectivity index is 1.71. The van der Waals surface area contributed by atoms with Crippen molar-refractivity contribution >= 4 is 45.9 Å². The number of ether oxygens (including phenoxy) is 1. The van der Waals surface area contributed by atoms with Gasteiger partial charge in [-0.05, 0) is 56.0 Å². The summed E-state index contributed by atoms with van der Waals surface area (Å²) in [5, 5.41) is 10.5. The number of amidine groups is 1. The van der Waals surface area contributed by atoms with Crippen LogP contribution >= 0.6 is 24.0 Å². The third-order valence-electron chi connectivity index (χ3n) is 3.58. The number of hydrogen-bond donors (Lipinski definition) is 3. The predicted molar refractivity (Wildman–Crippen MR) is 109 cm³/mol. The number of hydrazone groups is 1. The van der Waals surface area contributed by atoms with Crippen molar-refractivity contribution in [3.8, 4) is 5.75 Å². The normalized spacial score (nSPS) is 20.3. The lowest BCUT2D eigenvalue weighted by molar-refractivity contribution is -0.115. The Morgan fingerprint density at radius 3 is 2.96 bits per heavy atom. The molecule has 2 aliphatic rings. The fourth-order valence-corrected chi connectivity index (χ4v) is 3.36. The first-order valence-electron chi connectivity index (χ1n) is 8.19. The van der Waals surface area contributed by atoms with Gasteiger partial charge in [-0.2, -0.15) is 0 Å². The number of carbonyl (C=O) groups is 1. The van der Waals surface area contributed by atoms with Crippen molar-refractivity contribution in [2.75, 3.05) is 18.0 Å². The van der Waals surface area contributed by atoms with Crippen molar-refractivity contribution in [1.29, 1.82) is 0 Å². The van der Waals surface area contributed by atoms with Crippen molar-refractivity contribution in [1.82, 2.24) is 16.1 Å². The van der Waals surface area contributed by atoms with Gasteiger partial charge in [-0.15, -0.1) is 5.10 Å². The van der Waals surface area contributed by atoms with Crippen LogP contribution in [0.5, 0.6) is 5.75 Å². The van der Waals surface area contributed by atoms with Gasteiger partial charge in [-0.1, -0.05) is 12.1 Å². The molecule has 0 unspecified atom stereocenters. The number of nitrogens with zero attached hydrogens (tertiary/aromatic N) is 2. The summed E-state index contributed by atoms with van der Waals surface area (Å²) in [7, 11) is 0. The Kier molecular flexibility index (Phi) is 5.79. The van der Waals surface area contributed by atoms with Gasteiger partial charge in [0, 0.05) is 19.2 Å². The summed E-state index contributed by atoms with van der Waals surface area (Å²) in [6.45, 7) is 5.45. The Morgan fingerprint density at radius 1 is 1.38 bits per heavy atom. The van der Waals surface area contributed by atoms with Crippen molar-refractivity contribution in [3.05, 3.63) is 47.2 Å². The maximum atomic E-state index is 12.1. The first kappa shape index (κ1) is 18.3. The number of nitrogens with one attached hydrogen (secondary N) is 3. The molecule has 1 amide bonds. The van der Waals surface area contributed by atoms with E-state index in [-0.39, 0.29) is 5.91 Å². The number of para-hydroxylation sites is 2. The largest absolute Gasteiger partial charge is 0.439 e. The van der Waals surface area contributed by atoms with E-state index in [0.29, 0.717) is 27.6 Å². The maximum Gasteiger partial charge on any atom is 0.264 e. The number of hydrogen-bond acceptors (Lipinski definition) is 6. The molecule has 0 atom stereocenters. The molecule has 26 heavy (non-hydrogen) atoms. The van der Waals surface area contributed by atoms with Gasteiger partial charge in [0.15, 0.2) is 16.0 Å². The standard InChI is InChI=1S/C17H19N5O2S2/c1-3-18-16(25)20-21-17-19-15(23)13(26-17)9-10-14-22(4-2)11-7-5-6-8-12(11)24-14/h5-10H,3-4H2,1-2H3,(H2,18,20,25)(H,19,21,23). The van der Waals surface area contributed by atoms with Crippen LogP contribution < -0.4 is 25.7 Å². The molecule has 136 valence electrons. The molecular formula is C17H19N5O2S2. The number of benzene rings is 1. The van der Waals surface area contributed by atoms with Crippen LogP contribution in [-0.4, -0.2) is 29.3 Å². The van der Waals surface area contributed by atoms with Gasteiger partial charge in [-0.3, -0.25) is 15.5 Å². The summed E-state index contributed by atoms with van der Waals surface area (Å²) in [6.07, 6.45) is 3.53. The van der Waals surface area contributed by atoms with Crippen molar-refractivity contribution in [3.63, 3.8) is 0 Å². The van der Waals surface area contributed by atoms with E-state index >= 15 is 0 Å². The minimum Gasteiger partial charge on any atom is -0.439 e. The molecular weight excluding hydrogens is 370 g/mol. The first-order chi connectivity index (χ1) is 12.6. The van der Waals surface area contributed by atoms with Gasteiger partial charge in [0.1, 0.15) is 0 Å². The molecule has 3 N–H and O–H groups in total. The molecule has 0 aromatic heterocycles. The zero-order chi connectivity index (χ0) is 18.5. The highest BCUT2D eigenvalue weighted by Crippen LogP contribution is 2.38. The van der Waals surface area contributed by atoms with E-state index in [1.165, 1.54) is 11.8 Å². The lowest BCUT2D eigenvalue weighted by Gasteiger charge is -2.14. The highest BCUT2D eigenvalue weighted by atomic mass is 32.2. The SMILES string of the molecule is CCNC(=S)NN=C1NC(=O)C(=CC=C2Oc3ccccc3N2CC)S1. The van der Waals surface area contributed by atoms with E-state index in [9.17, 15) is 4.79 Å². The summed E-state index contributed by atoms with van der Waals surface area (Å²) < 4.78 is 5.87. The number of fused-ring (bicyclic) bond motifs is 1. The third-order valence-corrected chi connectivity index (χ3v) is 4.74. The number of carbonyl (C=O) groups excluding carboxylic acids is 1. The van der Waals surface area contributed by atoms with Crippen LogP contribution in [0.2, 0.25) is 0 Å². The number of thioether (sulfide) groups is 1. The molecule has 1 aromatic carbocycles. The van der Waals surface area contributed by atoms with Gasteiger partial charge in [0.2, 0.25) is 5.88 Å². The van der Waals surface area contributed by atoms with Crippen LogP contribution in [-0.2, 0) is 4.79 Å². The Bertz CT molecular complexity index is 819. The average Bonchev–Trinajstić information content (AvgIpc) is 3.17. The Morgan fingerprint density at radius 2 is 2.19 bits per heavy atom. The van der Waals surface area contributed by atoms with Crippen molar-refractivity contribution < 1.29 is 9.53 Å². The number of thiocarbonyl (C=S) groups is 1. The molecule has 0 bridgehead atoms. The highest BCUT2D eigenvalue weighted by Gasteiger charge is 2.26. The summed E-state index contributed by atoms with van der Waals surface area (Å²) in [5.41, 5.74) is 3.71. The fourth-order valence-electron chi connectivity index (χ4n) is 2.45. The lowest BCUT2D eigenvalue weighted by atomic mass is 10.3. The maximum absolute atomic E-state index is 12.1. The van der Waals surface area contributed by atoms with Gasteiger partial charge in [-0.25, -0.2) is 0 Å². The van der Waals surface area contributed by atoms with Crippen LogP contribution in [0.15, 0.2) is 52.3 Å². The molecule has 0 aliphatic carbocycles. The molecule has 3 rings (SSSR count). The van der Waals surface area contributed by atoms with E-state index in [0.717, 1.165) is 18.0 Å².